The third-order valence-electron chi connectivity index (χ3n) is 4.98. The zero-order chi connectivity index (χ0) is 19.6. The number of hydrogen-bond donors (Lipinski definition) is 1. The largest absolute Gasteiger partial charge is 0.481 e. The first-order valence-corrected chi connectivity index (χ1v) is 10.1. The van der Waals surface area contributed by atoms with Gasteiger partial charge in [0.2, 0.25) is 10.0 Å². The molecule has 1 heterocycles. The van der Waals surface area contributed by atoms with E-state index in [1.807, 2.05) is 6.92 Å². The Morgan fingerprint density at radius 3 is 2.50 bits per heavy atom. The van der Waals surface area contributed by atoms with Crippen molar-refractivity contribution in [3.05, 3.63) is 29.8 Å². The first-order chi connectivity index (χ1) is 12.1. The van der Waals surface area contributed by atoms with Crippen LogP contribution in [0.25, 0.3) is 0 Å². The average Bonchev–Trinajstić information content (AvgIpc) is 2.60. The fourth-order valence-electron chi connectivity index (χ4n) is 2.99. The second-order valence-electron chi connectivity index (χ2n) is 7.06. The van der Waals surface area contributed by atoms with E-state index in [0.29, 0.717) is 12.8 Å². The molecule has 0 spiro atoms. The first-order valence-electron chi connectivity index (χ1n) is 8.67. The summed E-state index contributed by atoms with van der Waals surface area (Å²) in [5.74, 6) is -1.84. The van der Waals surface area contributed by atoms with Gasteiger partial charge < -0.3 is 10.0 Å². The van der Waals surface area contributed by atoms with Crippen LogP contribution >= 0.6 is 0 Å². The van der Waals surface area contributed by atoms with Gasteiger partial charge in [0.25, 0.3) is 5.91 Å². The standard InChI is InChI=1S/C18H26N2O5S/c1-12(2)19(4)26(24,25)16-7-5-6-14(10-16)17(21)20-11-15(18(22)23)9-8-13(20)3/h5-7,10,12-13,15H,8-9,11H2,1-4H3,(H,22,23). The molecule has 1 fully saturated rings. The Kier molecular flexibility index (Phi) is 6.08. The van der Waals surface area contributed by atoms with Gasteiger partial charge in [-0.1, -0.05) is 6.07 Å². The lowest BCUT2D eigenvalue weighted by atomic mass is 9.93. The highest BCUT2D eigenvalue weighted by molar-refractivity contribution is 7.89. The quantitative estimate of drug-likeness (QED) is 0.841. The molecule has 26 heavy (non-hydrogen) atoms. The van der Waals surface area contributed by atoms with Crippen LogP contribution < -0.4 is 0 Å². The smallest absolute Gasteiger partial charge is 0.308 e. The number of piperidine rings is 1. The number of carbonyl (C=O) groups excluding carboxylic acids is 1. The summed E-state index contributed by atoms with van der Waals surface area (Å²) in [5, 5.41) is 9.24. The van der Waals surface area contributed by atoms with Crippen molar-refractivity contribution in [1.29, 1.82) is 0 Å². The van der Waals surface area contributed by atoms with Gasteiger partial charge >= 0.3 is 5.97 Å². The molecule has 1 amide bonds. The van der Waals surface area contributed by atoms with Crippen molar-refractivity contribution in [3.8, 4) is 0 Å². The van der Waals surface area contributed by atoms with Gasteiger partial charge in [0.1, 0.15) is 0 Å². The Labute approximate surface area is 154 Å². The number of likely N-dealkylation sites (tertiary alicyclic amines) is 1. The van der Waals surface area contributed by atoms with E-state index in [1.165, 1.54) is 34.5 Å². The fourth-order valence-corrected chi connectivity index (χ4v) is 4.40. The summed E-state index contributed by atoms with van der Waals surface area (Å²) in [7, 11) is -2.20. The number of carboxylic acids is 1. The maximum absolute atomic E-state index is 12.9. The maximum Gasteiger partial charge on any atom is 0.308 e. The lowest BCUT2D eigenvalue weighted by Gasteiger charge is -2.36. The van der Waals surface area contributed by atoms with Crippen LogP contribution in [0.4, 0.5) is 0 Å². The number of benzene rings is 1. The lowest BCUT2D eigenvalue weighted by Crippen LogP contribution is -2.47. The summed E-state index contributed by atoms with van der Waals surface area (Å²) in [5.41, 5.74) is 0.251. The number of amides is 1. The second-order valence-corrected chi connectivity index (χ2v) is 9.06. The Hall–Kier alpha value is -1.93. The number of rotatable bonds is 5. The van der Waals surface area contributed by atoms with Crippen molar-refractivity contribution >= 4 is 21.9 Å². The molecule has 144 valence electrons. The molecule has 1 aromatic carbocycles. The van der Waals surface area contributed by atoms with E-state index in [9.17, 15) is 23.1 Å². The SMILES string of the molecule is CC1CCC(C(=O)O)CN1C(=O)c1cccc(S(=O)(=O)N(C)C(C)C)c1. The molecule has 8 heteroatoms. The Balaban J connectivity index is 2.32. The number of carboxylic acid groups (broad SMARTS) is 1. The zero-order valence-corrected chi connectivity index (χ0v) is 16.4. The topological polar surface area (TPSA) is 95.0 Å². The Morgan fingerprint density at radius 2 is 1.92 bits per heavy atom. The number of carbonyl (C=O) groups is 2. The van der Waals surface area contributed by atoms with E-state index in [0.717, 1.165) is 0 Å². The minimum Gasteiger partial charge on any atom is -0.481 e. The summed E-state index contributed by atoms with van der Waals surface area (Å²) < 4.78 is 26.6. The summed E-state index contributed by atoms with van der Waals surface area (Å²) in [6.07, 6.45) is 1.14. The molecule has 1 aliphatic heterocycles. The molecule has 2 atom stereocenters. The molecule has 2 unspecified atom stereocenters. The molecule has 0 aliphatic carbocycles. The van der Waals surface area contributed by atoms with Crippen LogP contribution in [-0.2, 0) is 14.8 Å². The third-order valence-corrected chi connectivity index (χ3v) is 7.01. The van der Waals surface area contributed by atoms with Crippen molar-refractivity contribution in [2.45, 2.75) is 50.6 Å². The van der Waals surface area contributed by atoms with Crippen molar-refractivity contribution in [3.63, 3.8) is 0 Å². The summed E-state index contributed by atoms with van der Waals surface area (Å²) in [6, 6.07) is 5.64. The average molecular weight is 382 g/mol. The highest BCUT2D eigenvalue weighted by atomic mass is 32.2. The summed E-state index contributed by atoms with van der Waals surface area (Å²) >= 11 is 0. The normalized spacial score (nSPS) is 21.2. The van der Waals surface area contributed by atoms with E-state index in [-0.39, 0.29) is 35.0 Å². The van der Waals surface area contributed by atoms with Crippen molar-refractivity contribution in [2.75, 3.05) is 13.6 Å². The molecular formula is C18H26N2O5S. The minimum absolute atomic E-state index is 0.0546. The van der Waals surface area contributed by atoms with Gasteiger partial charge in [0, 0.05) is 31.2 Å². The molecular weight excluding hydrogens is 356 g/mol. The molecule has 0 radical (unpaired) electrons. The van der Waals surface area contributed by atoms with Gasteiger partial charge in [-0.05, 0) is 51.8 Å². The molecule has 0 aromatic heterocycles. The van der Waals surface area contributed by atoms with Crippen molar-refractivity contribution in [1.82, 2.24) is 9.21 Å². The van der Waals surface area contributed by atoms with Crippen LogP contribution in [0.5, 0.6) is 0 Å². The van der Waals surface area contributed by atoms with Gasteiger partial charge in [0.05, 0.1) is 10.8 Å². The van der Waals surface area contributed by atoms with Crippen LogP contribution in [-0.4, -0.2) is 60.3 Å². The molecule has 2 rings (SSSR count). The highest BCUT2D eigenvalue weighted by Gasteiger charge is 2.33. The van der Waals surface area contributed by atoms with E-state index in [4.69, 9.17) is 0 Å². The molecule has 7 nitrogen and oxygen atoms in total. The third kappa shape index (κ3) is 4.07. The summed E-state index contributed by atoms with van der Waals surface area (Å²) in [4.78, 5) is 25.7. The van der Waals surface area contributed by atoms with E-state index in [2.05, 4.69) is 0 Å². The summed E-state index contributed by atoms with van der Waals surface area (Å²) in [6.45, 7) is 5.56. The first kappa shape index (κ1) is 20.4. The number of nitrogens with zero attached hydrogens (tertiary/aromatic N) is 2. The molecule has 1 aromatic rings. The molecule has 0 bridgehead atoms. The van der Waals surface area contributed by atoms with Crippen LogP contribution in [0, 0.1) is 5.92 Å². The van der Waals surface area contributed by atoms with Crippen LogP contribution in [0.15, 0.2) is 29.2 Å². The van der Waals surface area contributed by atoms with E-state index < -0.39 is 21.9 Å². The molecule has 1 saturated heterocycles. The van der Waals surface area contributed by atoms with Gasteiger partial charge in [-0.3, -0.25) is 9.59 Å². The van der Waals surface area contributed by atoms with Gasteiger partial charge in [0.15, 0.2) is 0 Å². The van der Waals surface area contributed by atoms with Crippen molar-refractivity contribution in [2.24, 2.45) is 5.92 Å². The monoisotopic (exact) mass is 382 g/mol. The van der Waals surface area contributed by atoms with Crippen molar-refractivity contribution < 1.29 is 23.1 Å². The van der Waals surface area contributed by atoms with Gasteiger partial charge in [-0.25, -0.2) is 8.42 Å². The van der Waals surface area contributed by atoms with Crippen LogP contribution in [0.1, 0.15) is 44.0 Å². The Bertz CT molecular complexity index is 791. The van der Waals surface area contributed by atoms with E-state index in [1.54, 1.807) is 19.9 Å². The van der Waals surface area contributed by atoms with Crippen LogP contribution in [0.2, 0.25) is 0 Å². The van der Waals surface area contributed by atoms with E-state index >= 15 is 0 Å². The van der Waals surface area contributed by atoms with Gasteiger partial charge in [-0.15, -0.1) is 0 Å². The predicted molar refractivity (Wildman–Crippen MR) is 97.4 cm³/mol. The van der Waals surface area contributed by atoms with Crippen LogP contribution in [0.3, 0.4) is 0 Å². The molecule has 1 aliphatic rings. The minimum atomic E-state index is -3.69. The number of hydrogen-bond acceptors (Lipinski definition) is 4. The zero-order valence-electron chi connectivity index (χ0n) is 15.5. The number of aliphatic carboxylic acids is 1. The number of sulfonamides is 1. The second kappa shape index (κ2) is 7.75. The molecule has 0 saturated carbocycles. The lowest BCUT2D eigenvalue weighted by molar-refractivity contribution is -0.143. The maximum atomic E-state index is 12.9. The Morgan fingerprint density at radius 1 is 1.27 bits per heavy atom. The van der Waals surface area contributed by atoms with Gasteiger partial charge in [-0.2, -0.15) is 4.31 Å². The fraction of sp³-hybridized carbons (Fsp3) is 0.556. The predicted octanol–water partition coefficient (Wildman–Crippen LogP) is 2.04. The molecule has 1 N–H and O–H groups in total. The highest BCUT2D eigenvalue weighted by Crippen LogP contribution is 2.25.